The van der Waals surface area contributed by atoms with Crippen molar-refractivity contribution in [2.75, 3.05) is 19.5 Å². The lowest BCUT2D eigenvalue weighted by molar-refractivity contribution is -0.111. The van der Waals surface area contributed by atoms with Gasteiger partial charge in [-0.3, -0.25) is 4.79 Å². The quantitative estimate of drug-likeness (QED) is 0.831. The Labute approximate surface area is 135 Å². The van der Waals surface area contributed by atoms with Crippen molar-refractivity contribution >= 4 is 17.7 Å². The van der Waals surface area contributed by atoms with Gasteiger partial charge in [-0.2, -0.15) is 0 Å². The number of phenolic OH excluding ortho intramolecular Hbond substituents is 1. The van der Waals surface area contributed by atoms with Gasteiger partial charge >= 0.3 is 0 Å². The average Bonchev–Trinajstić information content (AvgIpc) is 2.56. The van der Waals surface area contributed by atoms with Crippen molar-refractivity contribution in [3.05, 3.63) is 53.6 Å². The fourth-order valence-electron chi connectivity index (χ4n) is 2.00. The van der Waals surface area contributed by atoms with E-state index in [1.165, 1.54) is 20.3 Å². The monoisotopic (exact) mass is 313 g/mol. The first-order chi connectivity index (χ1) is 11.0. The molecule has 2 rings (SSSR count). The third-order valence-electron chi connectivity index (χ3n) is 3.25. The molecule has 2 aromatic rings. The number of amides is 1. The minimum atomic E-state index is -0.250. The van der Waals surface area contributed by atoms with Gasteiger partial charge in [-0.25, -0.2) is 0 Å². The van der Waals surface area contributed by atoms with E-state index in [-0.39, 0.29) is 23.2 Å². The number of benzene rings is 2. The molecule has 0 bridgehead atoms. The Morgan fingerprint density at radius 2 is 1.65 bits per heavy atom. The average molecular weight is 313 g/mol. The van der Waals surface area contributed by atoms with Gasteiger partial charge in [0.15, 0.2) is 11.5 Å². The number of nitrogens with one attached hydrogen (secondary N) is 1. The van der Waals surface area contributed by atoms with Gasteiger partial charge in [0.2, 0.25) is 11.7 Å². The number of anilines is 1. The van der Waals surface area contributed by atoms with Crippen molar-refractivity contribution in [3.63, 3.8) is 0 Å². The van der Waals surface area contributed by atoms with Crippen LogP contribution in [0.25, 0.3) is 6.08 Å². The molecule has 1 amide bonds. The number of carbonyl (C=O) groups is 1. The number of phenols is 1. The third kappa shape index (κ3) is 4.26. The SMILES string of the molecule is COc1cc(/C=C/C(=O)Nc2ccc(C)cc2)cc(OC)c1O. The van der Waals surface area contributed by atoms with Crippen LogP contribution in [-0.4, -0.2) is 25.2 Å². The maximum absolute atomic E-state index is 11.9. The zero-order valence-corrected chi connectivity index (χ0v) is 13.3. The van der Waals surface area contributed by atoms with E-state index in [9.17, 15) is 9.90 Å². The van der Waals surface area contributed by atoms with Gasteiger partial charge in [0.1, 0.15) is 0 Å². The highest BCUT2D eigenvalue weighted by molar-refractivity contribution is 6.02. The number of methoxy groups -OCH3 is 2. The summed E-state index contributed by atoms with van der Waals surface area (Å²) in [6.07, 6.45) is 3.03. The first-order valence-electron chi connectivity index (χ1n) is 7.04. The van der Waals surface area contributed by atoms with Gasteiger partial charge in [-0.15, -0.1) is 0 Å². The van der Waals surface area contributed by atoms with Gasteiger partial charge in [0, 0.05) is 11.8 Å². The van der Waals surface area contributed by atoms with Crippen molar-refractivity contribution in [1.82, 2.24) is 0 Å². The molecule has 0 aliphatic carbocycles. The van der Waals surface area contributed by atoms with Crippen LogP contribution in [0.4, 0.5) is 5.69 Å². The molecule has 23 heavy (non-hydrogen) atoms. The lowest BCUT2D eigenvalue weighted by Crippen LogP contribution is -2.07. The molecule has 120 valence electrons. The van der Waals surface area contributed by atoms with E-state index >= 15 is 0 Å². The number of hydrogen-bond acceptors (Lipinski definition) is 4. The Balaban J connectivity index is 2.12. The van der Waals surface area contributed by atoms with Gasteiger partial charge in [-0.1, -0.05) is 17.7 Å². The molecule has 2 aromatic carbocycles. The fraction of sp³-hybridized carbons (Fsp3) is 0.167. The molecule has 5 heteroatoms. The highest BCUT2D eigenvalue weighted by Crippen LogP contribution is 2.37. The topological polar surface area (TPSA) is 67.8 Å². The summed E-state index contributed by atoms with van der Waals surface area (Å²) >= 11 is 0. The van der Waals surface area contributed by atoms with Gasteiger partial charge < -0.3 is 19.9 Å². The summed E-state index contributed by atoms with van der Waals surface area (Å²) in [6, 6.07) is 10.8. The van der Waals surface area contributed by atoms with Crippen molar-refractivity contribution < 1.29 is 19.4 Å². The van der Waals surface area contributed by atoms with Crippen molar-refractivity contribution in [2.45, 2.75) is 6.92 Å². The molecule has 0 fully saturated rings. The fourth-order valence-corrected chi connectivity index (χ4v) is 2.00. The van der Waals surface area contributed by atoms with E-state index in [1.807, 2.05) is 31.2 Å². The maximum Gasteiger partial charge on any atom is 0.248 e. The Morgan fingerprint density at radius 1 is 1.09 bits per heavy atom. The number of rotatable bonds is 5. The Morgan fingerprint density at radius 3 is 2.17 bits per heavy atom. The molecule has 0 saturated heterocycles. The second-order valence-electron chi connectivity index (χ2n) is 4.96. The highest BCUT2D eigenvalue weighted by Gasteiger charge is 2.10. The minimum absolute atomic E-state index is 0.0729. The number of carbonyl (C=O) groups excluding carboxylic acids is 1. The number of hydrogen-bond donors (Lipinski definition) is 2. The van der Waals surface area contributed by atoms with E-state index in [4.69, 9.17) is 9.47 Å². The standard InChI is InChI=1S/C18H19NO4/c1-12-4-7-14(8-5-12)19-17(20)9-6-13-10-15(22-2)18(21)16(11-13)23-3/h4-11,21H,1-3H3,(H,19,20)/b9-6+. The van der Waals surface area contributed by atoms with Crippen LogP contribution in [0, 0.1) is 6.92 Å². The molecule has 0 radical (unpaired) electrons. The summed E-state index contributed by atoms with van der Waals surface area (Å²) in [4.78, 5) is 11.9. The number of aryl methyl sites for hydroxylation is 1. The summed E-state index contributed by atoms with van der Waals surface area (Å²) < 4.78 is 10.2. The van der Waals surface area contributed by atoms with Crippen molar-refractivity contribution in [1.29, 1.82) is 0 Å². The highest BCUT2D eigenvalue weighted by atomic mass is 16.5. The van der Waals surface area contributed by atoms with Gasteiger partial charge in [0.25, 0.3) is 0 Å². The molecule has 2 N–H and O–H groups in total. The minimum Gasteiger partial charge on any atom is -0.502 e. The molecule has 0 atom stereocenters. The molecule has 0 aromatic heterocycles. The smallest absolute Gasteiger partial charge is 0.248 e. The Bertz CT molecular complexity index is 695. The summed E-state index contributed by atoms with van der Waals surface area (Å²) in [5.74, 6) is 0.238. The van der Waals surface area contributed by atoms with Crippen molar-refractivity contribution in [2.24, 2.45) is 0 Å². The van der Waals surface area contributed by atoms with Crippen LogP contribution in [0.1, 0.15) is 11.1 Å². The van der Waals surface area contributed by atoms with Crippen LogP contribution in [-0.2, 0) is 4.79 Å². The van der Waals surface area contributed by atoms with E-state index in [1.54, 1.807) is 18.2 Å². The van der Waals surface area contributed by atoms with Crippen LogP contribution >= 0.6 is 0 Å². The summed E-state index contributed by atoms with van der Waals surface area (Å²) in [6.45, 7) is 1.98. The number of aromatic hydroxyl groups is 1. The summed E-state index contributed by atoms with van der Waals surface area (Å²) in [7, 11) is 2.90. The predicted molar refractivity (Wildman–Crippen MR) is 90.1 cm³/mol. The zero-order valence-electron chi connectivity index (χ0n) is 13.3. The molecular formula is C18H19NO4. The van der Waals surface area contributed by atoms with Crippen LogP contribution in [0.2, 0.25) is 0 Å². The van der Waals surface area contributed by atoms with Crippen LogP contribution in [0.5, 0.6) is 17.2 Å². The van der Waals surface area contributed by atoms with E-state index in [0.29, 0.717) is 5.56 Å². The largest absolute Gasteiger partial charge is 0.502 e. The van der Waals surface area contributed by atoms with Crippen molar-refractivity contribution in [3.8, 4) is 17.2 Å². The lowest BCUT2D eigenvalue weighted by atomic mass is 10.1. The summed E-state index contributed by atoms with van der Waals surface area (Å²) in [5, 5.41) is 12.6. The van der Waals surface area contributed by atoms with Crippen LogP contribution in [0.15, 0.2) is 42.5 Å². The molecule has 0 saturated carbocycles. The van der Waals surface area contributed by atoms with Crippen LogP contribution < -0.4 is 14.8 Å². The number of ether oxygens (including phenoxy) is 2. The molecule has 0 unspecified atom stereocenters. The van der Waals surface area contributed by atoms with Gasteiger partial charge in [0.05, 0.1) is 14.2 Å². The molecule has 0 spiro atoms. The second-order valence-corrected chi connectivity index (χ2v) is 4.96. The zero-order chi connectivity index (χ0) is 16.8. The molecule has 5 nitrogen and oxygen atoms in total. The van der Waals surface area contributed by atoms with Gasteiger partial charge in [-0.05, 0) is 42.8 Å². The van der Waals surface area contributed by atoms with E-state index < -0.39 is 0 Å². The second kappa shape index (κ2) is 7.35. The predicted octanol–water partition coefficient (Wildman–Crippen LogP) is 3.37. The first kappa shape index (κ1) is 16.4. The maximum atomic E-state index is 11.9. The Hall–Kier alpha value is -2.95. The molecule has 0 heterocycles. The molecule has 0 aliphatic rings. The first-order valence-corrected chi connectivity index (χ1v) is 7.04. The van der Waals surface area contributed by atoms with Crippen LogP contribution in [0.3, 0.4) is 0 Å². The Kier molecular flexibility index (Phi) is 5.25. The van der Waals surface area contributed by atoms with E-state index in [2.05, 4.69) is 5.32 Å². The van der Waals surface area contributed by atoms with E-state index in [0.717, 1.165) is 11.3 Å². The lowest BCUT2D eigenvalue weighted by Gasteiger charge is -2.09. The third-order valence-corrected chi connectivity index (χ3v) is 3.25. The molecule has 0 aliphatic heterocycles. The normalized spacial score (nSPS) is 10.6. The summed E-state index contributed by atoms with van der Waals surface area (Å²) in [5.41, 5.74) is 2.53. The molecular weight excluding hydrogens is 294 g/mol.